The van der Waals surface area contributed by atoms with Crippen molar-refractivity contribution in [3.05, 3.63) is 42.1 Å². The van der Waals surface area contributed by atoms with Crippen LogP contribution < -0.4 is 0 Å². The molecule has 64 valence electrons. The van der Waals surface area contributed by atoms with Crippen LogP contribution in [0.3, 0.4) is 0 Å². The number of aldehydes is 1. The summed E-state index contributed by atoms with van der Waals surface area (Å²) in [5.74, 6) is 0. The molecule has 13 heavy (non-hydrogen) atoms. The number of nitrogens with zero attached hydrogens (tertiary/aromatic N) is 1. The van der Waals surface area contributed by atoms with Crippen LogP contribution >= 0.6 is 0 Å². The molecule has 1 aromatic heterocycles. The molecule has 0 radical (unpaired) electrons. The van der Waals surface area contributed by atoms with Crippen LogP contribution in [0.5, 0.6) is 0 Å². The van der Waals surface area contributed by atoms with E-state index in [4.69, 9.17) is 0 Å². The van der Waals surface area contributed by atoms with Crippen molar-refractivity contribution in [3.63, 3.8) is 0 Å². The number of carbonyl (C=O) groups is 1. The number of hydrogen-bond donors (Lipinski definition) is 0. The number of pyridine rings is 1. The second-order valence-electron chi connectivity index (χ2n) is 2.86. The number of carbonyl (C=O) groups excluding carboxylic acids is 1. The van der Waals surface area contributed by atoms with E-state index in [0.717, 1.165) is 22.8 Å². The lowest BCUT2D eigenvalue weighted by Gasteiger charge is -2.00. The van der Waals surface area contributed by atoms with Gasteiger partial charge in [0.1, 0.15) is 6.29 Å². The van der Waals surface area contributed by atoms with Gasteiger partial charge in [0.05, 0.1) is 5.52 Å². The lowest BCUT2D eigenvalue weighted by atomic mass is 10.1. The van der Waals surface area contributed by atoms with E-state index in [1.165, 1.54) is 0 Å². The second kappa shape index (κ2) is 3.35. The van der Waals surface area contributed by atoms with Crippen LogP contribution in [0.2, 0.25) is 0 Å². The molecule has 1 aromatic carbocycles. The van der Waals surface area contributed by atoms with Gasteiger partial charge in [-0.05, 0) is 11.6 Å². The standard InChI is InChI=1S/C11H9NO/c13-8-6-10-4-1-3-9-5-2-7-12-11(9)10/h1-5,7-8H,6H2. The number of aromatic nitrogens is 1. The van der Waals surface area contributed by atoms with Gasteiger partial charge >= 0.3 is 0 Å². The summed E-state index contributed by atoms with van der Waals surface area (Å²) in [6, 6.07) is 9.77. The van der Waals surface area contributed by atoms with Crippen LogP contribution in [0, 0.1) is 0 Å². The summed E-state index contributed by atoms with van der Waals surface area (Å²) >= 11 is 0. The first-order valence-electron chi connectivity index (χ1n) is 4.18. The third kappa shape index (κ3) is 1.43. The van der Waals surface area contributed by atoms with Crippen LogP contribution in [-0.4, -0.2) is 11.3 Å². The largest absolute Gasteiger partial charge is 0.303 e. The molecule has 2 nitrogen and oxygen atoms in total. The molecule has 2 aromatic rings. The van der Waals surface area contributed by atoms with Gasteiger partial charge < -0.3 is 4.79 Å². The van der Waals surface area contributed by atoms with Gasteiger partial charge in [-0.25, -0.2) is 0 Å². The van der Waals surface area contributed by atoms with Crippen molar-refractivity contribution in [2.45, 2.75) is 6.42 Å². The number of hydrogen-bond acceptors (Lipinski definition) is 2. The Hall–Kier alpha value is -1.70. The van der Waals surface area contributed by atoms with Crippen LogP contribution in [0.1, 0.15) is 5.56 Å². The maximum Gasteiger partial charge on any atom is 0.124 e. The number of para-hydroxylation sites is 1. The molecule has 0 saturated heterocycles. The zero-order valence-corrected chi connectivity index (χ0v) is 7.10. The monoisotopic (exact) mass is 171 g/mol. The molecule has 0 aliphatic rings. The van der Waals surface area contributed by atoms with E-state index in [9.17, 15) is 4.79 Å². The summed E-state index contributed by atoms with van der Waals surface area (Å²) in [5.41, 5.74) is 1.92. The third-order valence-electron chi connectivity index (χ3n) is 2.02. The Balaban J connectivity index is 2.68. The predicted molar refractivity (Wildman–Crippen MR) is 51.5 cm³/mol. The first-order valence-corrected chi connectivity index (χ1v) is 4.18. The summed E-state index contributed by atoms with van der Waals surface area (Å²) in [7, 11) is 0. The quantitative estimate of drug-likeness (QED) is 0.646. The van der Waals surface area contributed by atoms with E-state index in [1.54, 1.807) is 6.20 Å². The highest BCUT2D eigenvalue weighted by molar-refractivity contribution is 5.83. The molecule has 0 aliphatic heterocycles. The number of fused-ring (bicyclic) bond motifs is 1. The third-order valence-corrected chi connectivity index (χ3v) is 2.02. The minimum absolute atomic E-state index is 0.439. The van der Waals surface area contributed by atoms with Gasteiger partial charge in [0.2, 0.25) is 0 Å². The molecule has 0 amide bonds. The van der Waals surface area contributed by atoms with Gasteiger partial charge in [-0.3, -0.25) is 4.98 Å². The SMILES string of the molecule is O=CCc1cccc2cccnc12. The van der Waals surface area contributed by atoms with Crippen molar-refractivity contribution in [2.24, 2.45) is 0 Å². The zero-order chi connectivity index (χ0) is 9.10. The van der Waals surface area contributed by atoms with Gasteiger partial charge in [-0.1, -0.05) is 24.3 Å². The molecule has 0 atom stereocenters. The van der Waals surface area contributed by atoms with Crippen molar-refractivity contribution in [3.8, 4) is 0 Å². The molecular weight excluding hydrogens is 162 g/mol. The van der Waals surface area contributed by atoms with Crippen molar-refractivity contribution < 1.29 is 4.79 Å². The van der Waals surface area contributed by atoms with E-state index in [0.29, 0.717) is 6.42 Å². The van der Waals surface area contributed by atoms with Crippen LogP contribution in [0.25, 0.3) is 10.9 Å². The lowest BCUT2D eigenvalue weighted by molar-refractivity contribution is -0.107. The molecule has 0 unspecified atom stereocenters. The van der Waals surface area contributed by atoms with Crippen molar-refractivity contribution in [1.82, 2.24) is 4.98 Å². The first kappa shape index (κ1) is 7.92. The summed E-state index contributed by atoms with van der Waals surface area (Å²) in [5, 5.41) is 1.09. The fourth-order valence-electron chi connectivity index (χ4n) is 1.42. The molecule has 0 spiro atoms. The minimum Gasteiger partial charge on any atom is -0.303 e. The average molecular weight is 171 g/mol. The van der Waals surface area contributed by atoms with E-state index < -0.39 is 0 Å². The summed E-state index contributed by atoms with van der Waals surface area (Å²) < 4.78 is 0. The summed E-state index contributed by atoms with van der Waals surface area (Å²) in [6.07, 6.45) is 3.09. The molecule has 0 aliphatic carbocycles. The molecule has 0 saturated carbocycles. The molecule has 0 bridgehead atoms. The van der Waals surface area contributed by atoms with Gasteiger partial charge in [-0.15, -0.1) is 0 Å². The van der Waals surface area contributed by atoms with Gasteiger partial charge in [0.15, 0.2) is 0 Å². The molecule has 1 heterocycles. The van der Waals surface area contributed by atoms with E-state index in [2.05, 4.69) is 4.98 Å². The smallest absolute Gasteiger partial charge is 0.124 e. The summed E-state index contributed by atoms with van der Waals surface area (Å²) in [6.45, 7) is 0. The highest BCUT2D eigenvalue weighted by Crippen LogP contribution is 2.15. The number of benzene rings is 1. The highest BCUT2D eigenvalue weighted by Gasteiger charge is 1.99. The Bertz CT molecular complexity index is 432. The normalized spacial score (nSPS) is 10.2. The van der Waals surface area contributed by atoms with E-state index in [1.807, 2.05) is 30.3 Å². The Labute approximate surface area is 76.2 Å². The van der Waals surface area contributed by atoms with Gasteiger partial charge in [-0.2, -0.15) is 0 Å². The lowest BCUT2D eigenvalue weighted by Crippen LogP contribution is -1.89. The minimum atomic E-state index is 0.439. The Morgan fingerprint density at radius 1 is 1.23 bits per heavy atom. The van der Waals surface area contributed by atoms with E-state index in [-0.39, 0.29) is 0 Å². The average Bonchev–Trinajstić information content (AvgIpc) is 2.19. The van der Waals surface area contributed by atoms with Crippen LogP contribution in [0.15, 0.2) is 36.5 Å². The van der Waals surface area contributed by atoms with Gasteiger partial charge in [0, 0.05) is 18.0 Å². The Kier molecular flexibility index (Phi) is 2.04. The molecular formula is C11H9NO. The fourth-order valence-corrected chi connectivity index (χ4v) is 1.42. The van der Waals surface area contributed by atoms with Crippen molar-refractivity contribution in [1.29, 1.82) is 0 Å². The maximum atomic E-state index is 10.4. The van der Waals surface area contributed by atoms with Gasteiger partial charge in [0.25, 0.3) is 0 Å². The predicted octanol–water partition coefficient (Wildman–Crippen LogP) is 1.98. The Morgan fingerprint density at radius 2 is 2.08 bits per heavy atom. The molecule has 0 N–H and O–H groups in total. The maximum absolute atomic E-state index is 10.4. The molecule has 2 heteroatoms. The molecule has 2 rings (SSSR count). The second-order valence-corrected chi connectivity index (χ2v) is 2.86. The fraction of sp³-hybridized carbons (Fsp3) is 0.0909. The van der Waals surface area contributed by atoms with Crippen molar-refractivity contribution >= 4 is 17.2 Å². The Morgan fingerprint density at radius 3 is 2.92 bits per heavy atom. The van der Waals surface area contributed by atoms with Crippen LogP contribution in [0.4, 0.5) is 0 Å². The zero-order valence-electron chi connectivity index (χ0n) is 7.10. The topological polar surface area (TPSA) is 30.0 Å². The summed E-state index contributed by atoms with van der Waals surface area (Å²) in [4.78, 5) is 14.6. The van der Waals surface area contributed by atoms with Crippen molar-refractivity contribution in [2.75, 3.05) is 0 Å². The highest BCUT2D eigenvalue weighted by atomic mass is 16.1. The van der Waals surface area contributed by atoms with Crippen LogP contribution in [-0.2, 0) is 11.2 Å². The first-order chi connectivity index (χ1) is 6.42. The number of rotatable bonds is 2. The van der Waals surface area contributed by atoms with E-state index >= 15 is 0 Å². The molecule has 0 fully saturated rings.